The van der Waals surface area contributed by atoms with Crippen molar-refractivity contribution in [2.75, 3.05) is 6.61 Å². The van der Waals surface area contributed by atoms with Crippen LogP contribution in [0.5, 0.6) is 0 Å². The van der Waals surface area contributed by atoms with Crippen molar-refractivity contribution in [2.45, 2.75) is 20.8 Å². The maximum absolute atomic E-state index is 12.0. The van der Waals surface area contributed by atoms with Gasteiger partial charge in [-0.2, -0.15) is 0 Å². The summed E-state index contributed by atoms with van der Waals surface area (Å²) in [4.78, 5) is 12.0. The third-order valence-electron chi connectivity index (χ3n) is 2.29. The summed E-state index contributed by atoms with van der Waals surface area (Å²) < 4.78 is 6.16. The summed E-state index contributed by atoms with van der Waals surface area (Å²) >= 11 is 2.23. The maximum atomic E-state index is 12.0. The molecule has 0 aliphatic carbocycles. The second-order valence-corrected chi connectivity index (χ2v) is 5.13. The summed E-state index contributed by atoms with van der Waals surface area (Å²) in [6.45, 7) is 6.37. The van der Waals surface area contributed by atoms with E-state index in [4.69, 9.17) is 4.74 Å². The molecule has 0 amide bonds. The number of esters is 1. The number of hydrogen-bond acceptors (Lipinski definition) is 2. The first kappa shape index (κ1) is 14.2. The van der Waals surface area contributed by atoms with Crippen molar-refractivity contribution >= 4 is 34.1 Å². The van der Waals surface area contributed by atoms with Gasteiger partial charge >= 0.3 is 5.97 Å². The van der Waals surface area contributed by atoms with Crippen LogP contribution < -0.4 is 0 Å². The Hall–Kier alpha value is -0.840. The molecule has 0 radical (unpaired) electrons. The molecule has 0 saturated heterocycles. The minimum Gasteiger partial charge on any atom is -0.462 e. The van der Waals surface area contributed by atoms with Crippen molar-refractivity contribution in [2.24, 2.45) is 5.92 Å². The molecule has 0 bridgehead atoms. The predicted octanol–water partition coefficient (Wildman–Crippen LogP) is 4.05. The molecule has 0 unspecified atom stereocenters. The van der Waals surface area contributed by atoms with Gasteiger partial charge < -0.3 is 4.74 Å². The van der Waals surface area contributed by atoms with Gasteiger partial charge in [-0.05, 0) is 41.0 Å². The van der Waals surface area contributed by atoms with Crippen LogP contribution in [0.1, 0.15) is 26.3 Å². The van der Waals surface area contributed by atoms with E-state index in [-0.39, 0.29) is 5.97 Å². The number of hydrogen-bond donors (Lipinski definition) is 0. The molecule has 1 rings (SSSR count). The Kier molecular flexibility index (Phi) is 5.68. The van der Waals surface area contributed by atoms with Gasteiger partial charge in [-0.15, -0.1) is 0 Å². The topological polar surface area (TPSA) is 26.3 Å². The van der Waals surface area contributed by atoms with Gasteiger partial charge in [-0.3, -0.25) is 0 Å². The Morgan fingerprint density at radius 1 is 1.29 bits per heavy atom. The van der Waals surface area contributed by atoms with Crippen LogP contribution in [0.15, 0.2) is 33.9 Å². The highest BCUT2D eigenvalue weighted by atomic mass is 127. The zero-order chi connectivity index (χ0) is 12.8. The summed E-state index contributed by atoms with van der Waals surface area (Å²) in [7, 11) is 0. The lowest BCUT2D eigenvalue weighted by Crippen LogP contribution is -2.09. The van der Waals surface area contributed by atoms with Gasteiger partial charge in [-0.25, -0.2) is 4.79 Å². The largest absolute Gasteiger partial charge is 0.462 e. The van der Waals surface area contributed by atoms with Crippen molar-refractivity contribution in [1.29, 1.82) is 0 Å². The summed E-state index contributed by atoms with van der Waals surface area (Å²) in [6, 6.07) is 9.67. The summed E-state index contributed by atoms with van der Waals surface area (Å²) in [5.74, 6) is 0.0759. The third kappa shape index (κ3) is 3.84. The molecule has 2 nitrogen and oxygen atoms in total. The average molecular weight is 344 g/mol. The highest BCUT2D eigenvalue weighted by Gasteiger charge is 2.18. The monoisotopic (exact) mass is 344 g/mol. The van der Waals surface area contributed by atoms with Crippen LogP contribution in [0.25, 0.3) is 5.57 Å². The Bertz CT molecular complexity index is 407. The number of carbonyl (C=O) groups excluding carboxylic acids is 1. The molecule has 92 valence electrons. The third-order valence-corrected chi connectivity index (χ3v) is 4.07. The van der Waals surface area contributed by atoms with Crippen LogP contribution in [0, 0.1) is 5.92 Å². The number of halogens is 1. The lowest BCUT2D eigenvalue weighted by molar-refractivity contribution is -0.136. The van der Waals surface area contributed by atoms with Crippen LogP contribution in [-0.2, 0) is 9.53 Å². The van der Waals surface area contributed by atoms with E-state index in [0.29, 0.717) is 18.1 Å². The molecule has 0 aliphatic heterocycles. The fourth-order valence-electron chi connectivity index (χ4n) is 1.45. The zero-order valence-electron chi connectivity index (χ0n) is 10.4. The highest BCUT2D eigenvalue weighted by Crippen LogP contribution is 2.29. The minimum absolute atomic E-state index is 0.239. The highest BCUT2D eigenvalue weighted by molar-refractivity contribution is 14.1. The Balaban J connectivity index is 3.22. The van der Waals surface area contributed by atoms with Crippen molar-refractivity contribution in [1.82, 2.24) is 0 Å². The molecular formula is C14H17IO2. The van der Waals surface area contributed by atoms with Crippen LogP contribution >= 0.6 is 22.6 Å². The van der Waals surface area contributed by atoms with Gasteiger partial charge in [0, 0.05) is 3.58 Å². The summed E-state index contributed by atoms with van der Waals surface area (Å²) in [6.07, 6.45) is 0. The maximum Gasteiger partial charge on any atom is 0.339 e. The van der Waals surface area contributed by atoms with E-state index in [1.807, 2.05) is 37.3 Å². The SMILES string of the molecule is CCOC(=O)/C(=C(\I)C(C)C)c1ccccc1. The molecule has 17 heavy (non-hydrogen) atoms. The number of rotatable bonds is 4. The van der Waals surface area contributed by atoms with E-state index in [9.17, 15) is 4.79 Å². The molecule has 0 fully saturated rings. The van der Waals surface area contributed by atoms with Crippen molar-refractivity contribution < 1.29 is 9.53 Å². The van der Waals surface area contributed by atoms with Gasteiger partial charge in [0.25, 0.3) is 0 Å². The molecule has 0 spiro atoms. The molecule has 0 atom stereocenters. The minimum atomic E-state index is -0.239. The van der Waals surface area contributed by atoms with Gasteiger partial charge in [-0.1, -0.05) is 44.2 Å². The molecule has 0 aromatic heterocycles. The van der Waals surface area contributed by atoms with Crippen LogP contribution in [-0.4, -0.2) is 12.6 Å². The number of ether oxygens (including phenoxy) is 1. The zero-order valence-corrected chi connectivity index (χ0v) is 12.5. The van der Waals surface area contributed by atoms with Crippen molar-refractivity contribution in [3.05, 3.63) is 39.5 Å². The van der Waals surface area contributed by atoms with Crippen LogP contribution in [0.3, 0.4) is 0 Å². The normalized spacial score (nSPS) is 12.3. The van der Waals surface area contributed by atoms with Gasteiger partial charge in [0.15, 0.2) is 0 Å². The second kappa shape index (κ2) is 6.79. The van der Waals surface area contributed by atoms with Gasteiger partial charge in [0.05, 0.1) is 12.2 Å². The molecule has 3 heteroatoms. The van der Waals surface area contributed by atoms with E-state index in [1.165, 1.54) is 0 Å². The Labute approximate surface area is 116 Å². The molecule has 0 aliphatic rings. The number of carbonyl (C=O) groups is 1. The van der Waals surface area contributed by atoms with Gasteiger partial charge in [0.2, 0.25) is 0 Å². The fourth-order valence-corrected chi connectivity index (χ4v) is 1.98. The van der Waals surface area contributed by atoms with Crippen molar-refractivity contribution in [3.8, 4) is 0 Å². The lowest BCUT2D eigenvalue weighted by atomic mass is 10.0. The van der Waals surface area contributed by atoms with Crippen LogP contribution in [0.2, 0.25) is 0 Å². The molecule has 0 heterocycles. The Morgan fingerprint density at radius 3 is 2.35 bits per heavy atom. The summed E-state index contributed by atoms with van der Waals surface area (Å²) in [5, 5.41) is 0. The standard InChI is InChI=1S/C14H17IO2/c1-4-17-14(16)12(13(15)10(2)3)11-8-6-5-7-9-11/h5-10H,4H2,1-3H3/b13-12-. The number of benzene rings is 1. The Morgan fingerprint density at radius 2 is 1.88 bits per heavy atom. The molecule has 1 aromatic rings. The predicted molar refractivity (Wildman–Crippen MR) is 78.9 cm³/mol. The average Bonchev–Trinajstić information content (AvgIpc) is 2.31. The smallest absolute Gasteiger partial charge is 0.339 e. The van der Waals surface area contributed by atoms with E-state index in [2.05, 4.69) is 36.4 Å². The molecule has 1 aromatic carbocycles. The quantitative estimate of drug-likeness (QED) is 0.468. The first-order valence-electron chi connectivity index (χ1n) is 5.70. The fraction of sp³-hybridized carbons (Fsp3) is 0.357. The number of allylic oxidation sites excluding steroid dienone is 1. The van der Waals surface area contributed by atoms with Gasteiger partial charge in [0.1, 0.15) is 0 Å². The van der Waals surface area contributed by atoms with Crippen LogP contribution in [0.4, 0.5) is 0 Å². The molecule has 0 saturated carbocycles. The lowest BCUT2D eigenvalue weighted by Gasteiger charge is -2.12. The van der Waals surface area contributed by atoms with E-state index >= 15 is 0 Å². The van der Waals surface area contributed by atoms with E-state index < -0.39 is 0 Å². The first-order chi connectivity index (χ1) is 8.07. The molecule has 0 N–H and O–H groups in total. The van der Waals surface area contributed by atoms with E-state index in [1.54, 1.807) is 0 Å². The first-order valence-corrected chi connectivity index (χ1v) is 6.78. The van der Waals surface area contributed by atoms with Crippen molar-refractivity contribution in [3.63, 3.8) is 0 Å². The second-order valence-electron chi connectivity index (χ2n) is 3.96. The molecular weight excluding hydrogens is 327 g/mol. The summed E-state index contributed by atoms with van der Waals surface area (Å²) in [5.41, 5.74) is 1.60. The van der Waals surface area contributed by atoms with E-state index in [0.717, 1.165) is 9.14 Å².